The van der Waals surface area contributed by atoms with Crippen LogP contribution in [0.15, 0.2) is 29.8 Å². The molecule has 1 aromatic heterocycles. The Labute approximate surface area is 132 Å². The molecule has 0 spiro atoms. The van der Waals surface area contributed by atoms with E-state index in [0.29, 0.717) is 10.7 Å². The topological polar surface area (TPSA) is 113 Å². The maximum atomic E-state index is 12.0. The molecule has 0 fully saturated rings. The number of anilines is 1. The Balaban J connectivity index is 3.45. The van der Waals surface area contributed by atoms with Gasteiger partial charge in [-0.05, 0) is 26.0 Å². The molecule has 0 bridgehead atoms. The number of halogens is 1. The molecule has 0 aromatic carbocycles. The SMILES string of the molecule is C=C/C(Cl)=C\C=C(/C)n1nc(C(N)=O)c(N)c1C(=O)OCC. The highest BCUT2D eigenvalue weighted by Crippen LogP contribution is 2.21. The third-order valence-electron chi connectivity index (χ3n) is 2.64. The van der Waals surface area contributed by atoms with Crippen molar-refractivity contribution in [2.75, 3.05) is 12.3 Å². The minimum absolute atomic E-state index is 0.0625. The summed E-state index contributed by atoms with van der Waals surface area (Å²) in [7, 11) is 0. The maximum Gasteiger partial charge on any atom is 0.359 e. The van der Waals surface area contributed by atoms with Gasteiger partial charge >= 0.3 is 5.97 Å². The summed E-state index contributed by atoms with van der Waals surface area (Å²) in [6.45, 7) is 6.98. The standard InChI is InChI=1S/C14H17ClN4O3/c1-4-9(15)7-6-8(3)19-12(14(21)22-5-2)10(16)11(18-19)13(17)20/h4,6-7H,1,5,16H2,2-3H3,(H2,17,20)/b8-6+,9-7+. The van der Waals surface area contributed by atoms with Crippen LogP contribution >= 0.6 is 11.6 Å². The van der Waals surface area contributed by atoms with Crippen molar-refractivity contribution in [3.63, 3.8) is 0 Å². The fraction of sp³-hybridized carbons (Fsp3) is 0.214. The molecular formula is C14H17ClN4O3. The number of nitrogen functional groups attached to an aromatic ring is 1. The van der Waals surface area contributed by atoms with Gasteiger partial charge in [-0.25, -0.2) is 9.48 Å². The predicted octanol–water partition coefficient (Wildman–Crippen LogP) is 1.91. The molecule has 0 atom stereocenters. The molecule has 7 nitrogen and oxygen atoms in total. The average molecular weight is 325 g/mol. The van der Waals surface area contributed by atoms with Crippen LogP contribution < -0.4 is 11.5 Å². The Hall–Kier alpha value is -2.54. The lowest BCUT2D eigenvalue weighted by Gasteiger charge is -2.07. The number of rotatable bonds is 6. The number of esters is 1. The van der Waals surface area contributed by atoms with E-state index in [-0.39, 0.29) is 23.7 Å². The normalized spacial score (nSPS) is 12.1. The second-order valence-electron chi connectivity index (χ2n) is 4.17. The molecule has 0 aliphatic heterocycles. The summed E-state index contributed by atoms with van der Waals surface area (Å²) in [6, 6.07) is 0. The molecule has 0 aliphatic carbocycles. The van der Waals surface area contributed by atoms with E-state index in [9.17, 15) is 9.59 Å². The molecule has 0 radical (unpaired) electrons. The van der Waals surface area contributed by atoms with E-state index < -0.39 is 11.9 Å². The lowest BCUT2D eigenvalue weighted by molar-refractivity contribution is 0.0517. The fourth-order valence-electron chi connectivity index (χ4n) is 1.60. The molecule has 22 heavy (non-hydrogen) atoms. The second kappa shape index (κ2) is 7.46. The molecule has 8 heteroatoms. The van der Waals surface area contributed by atoms with Crippen molar-refractivity contribution in [3.8, 4) is 0 Å². The first-order valence-electron chi connectivity index (χ1n) is 6.35. The molecule has 4 N–H and O–H groups in total. The zero-order valence-electron chi connectivity index (χ0n) is 12.3. The number of hydrogen-bond acceptors (Lipinski definition) is 5. The Bertz CT molecular complexity index is 674. The van der Waals surface area contributed by atoms with E-state index in [1.54, 1.807) is 26.0 Å². The average Bonchev–Trinajstić information content (AvgIpc) is 2.82. The van der Waals surface area contributed by atoms with E-state index in [1.165, 1.54) is 10.8 Å². The molecule has 0 saturated heterocycles. The van der Waals surface area contributed by atoms with Gasteiger partial charge in [0.05, 0.1) is 12.3 Å². The number of allylic oxidation sites excluding steroid dienone is 5. The first kappa shape index (κ1) is 17.5. The second-order valence-corrected chi connectivity index (χ2v) is 4.61. The smallest absolute Gasteiger partial charge is 0.359 e. The zero-order chi connectivity index (χ0) is 16.9. The number of amides is 1. The van der Waals surface area contributed by atoms with Gasteiger partial charge in [-0.3, -0.25) is 4.79 Å². The van der Waals surface area contributed by atoms with Gasteiger partial charge in [0.2, 0.25) is 0 Å². The number of primary amides is 1. The van der Waals surface area contributed by atoms with Crippen LogP contribution in [0.2, 0.25) is 0 Å². The lowest BCUT2D eigenvalue weighted by Crippen LogP contribution is -2.14. The lowest BCUT2D eigenvalue weighted by atomic mass is 10.2. The molecule has 0 saturated carbocycles. The van der Waals surface area contributed by atoms with Gasteiger partial charge in [-0.15, -0.1) is 0 Å². The van der Waals surface area contributed by atoms with Gasteiger partial charge < -0.3 is 16.2 Å². The van der Waals surface area contributed by atoms with Crippen molar-refractivity contribution < 1.29 is 14.3 Å². The number of aromatic nitrogens is 2. The monoisotopic (exact) mass is 324 g/mol. The molecule has 0 unspecified atom stereocenters. The van der Waals surface area contributed by atoms with Crippen molar-refractivity contribution in [1.29, 1.82) is 0 Å². The van der Waals surface area contributed by atoms with E-state index in [2.05, 4.69) is 11.7 Å². The zero-order valence-corrected chi connectivity index (χ0v) is 13.1. The summed E-state index contributed by atoms with van der Waals surface area (Å²) < 4.78 is 6.11. The van der Waals surface area contributed by atoms with Crippen LogP contribution in [0.25, 0.3) is 5.70 Å². The Morgan fingerprint density at radius 1 is 1.45 bits per heavy atom. The largest absolute Gasteiger partial charge is 0.461 e. The van der Waals surface area contributed by atoms with Crippen LogP contribution in [0.1, 0.15) is 34.8 Å². The van der Waals surface area contributed by atoms with Crippen LogP contribution in [-0.4, -0.2) is 28.3 Å². The van der Waals surface area contributed by atoms with Crippen molar-refractivity contribution in [2.24, 2.45) is 5.73 Å². The minimum Gasteiger partial charge on any atom is -0.461 e. The number of nitrogens with two attached hydrogens (primary N) is 2. The van der Waals surface area contributed by atoms with Crippen molar-refractivity contribution in [3.05, 3.63) is 41.2 Å². The third-order valence-corrected chi connectivity index (χ3v) is 2.92. The molecule has 1 amide bonds. The van der Waals surface area contributed by atoms with Crippen LogP contribution in [0.5, 0.6) is 0 Å². The number of ether oxygens (including phenoxy) is 1. The van der Waals surface area contributed by atoms with Gasteiger partial charge in [0.25, 0.3) is 5.91 Å². The number of carbonyl (C=O) groups excluding carboxylic acids is 2. The minimum atomic E-state index is -0.839. The highest BCUT2D eigenvalue weighted by Gasteiger charge is 2.25. The number of hydrogen-bond donors (Lipinski definition) is 2. The number of nitrogens with zero attached hydrogens (tertiary/aromatic N) is 2. The predicted molar refractivity (Wildman–Crippen MR) is 85.2 cm³/mol. The van der Waals surface area contributed by atoms with Crippen molar-refractivity contribution >= 4 is 34.9 Å². The van der Waals surface area contributed by atoms with Gasteiger partial charge in [0.15, 0.2) is 11.4 Å². The maximum absolute atomic E-state index is 12.0. The van der Waals surface area contributed by atoms with Crippen LogP contribution in [-0.2, 0) is 4.74 Å². The van der Waals surface area contributed by atoms with E-state index in [0.717, 1.165) is 0 Å². The molecular weight excluding hydrogens is 308 g/mol. The summed E-state index contributed by atoms with van der Waals surface area (Å²) in [5, 5.41) is 4.36. The quantitative estimate of drug-likeness (QED) is 0.613. The summed E-state index contributed by atoms with van der Waals surface area (Å²) in [4.78, 5) is 23.4. The van der Waals surface area contributed by atoms with Gasteiger partial charge in [0, 0.05) is 10.7 Å². The fourth-order valence-corrected chi connectivity index (χ4v) is 1.67. The third kappa shape index (κ3) is 3.76. The molecule has 0 aliphatic rings. The summed E-state index contributed by atoms with van der Waals surface area (Å²) >= 11 is 5.81. The summed E-state index contributed by atoms with van der Waals surface area (Å²) in [5.74, 6) is -1.54. The van der Waals surface area contributed by atoms with E-state index >= 15 is 0 Å². The van der Waals surface area contributed by atoms with Gasteiger partial charge in [-0.2, -0.15) is 5.10 Å². The summed E-state index contributed by atoms with van der Waals surface area (Å²) in [6.07, 6.45) is 4.59. The molecule has 118 valence electrons. The summed E-state index contributed by atoms with van der Waals surface area (Å²) in [5.41, 5.74) is 11.1. The van der Waals surface area contributed by atoms with Crippen LogP contribution in [0.3, 0.4) is 0 Å². The Morgan fingerprint density at radius 3 is 2.59 bits per heavy atom. The molecule has 1 aromatic rings. The van der Waals surface area contributed by atoms with Crippen molar-refractivity contribution in [1.82, 2.24) is 9.78 Å². The molecule has 1 heterocycles. The Morgan fingerprint density at radius 2 is 2.09 bits per heavy atom. The molecule has 1 rings (SSSR count). The van der Waals surface area contributed by atoms with Gasteiger partial charge in [-0.1, -0.05) is 24.3 Å². The Kier molecular flexibility index (Phi) is 5.94. The van der Waals surface area contributed by atoms with Gasteiger partial charge in [0.1, 0.15) is 0 Å². The number of carbonyl (C=O) groups is 2. The van der Waals surface area contributed by atoms with Crippen molar-refractivity contribution in [2.45, 2.75) is 13.8 Å². The van der Waals surface area contributed by atoms with Crippen LogP contribution in [0.4, 0.5) is 5.69 Å². The highest BCUT2D eigenvalue weighted by atomic mass is 35.5. The first-order chi connectivity index (χ1) is 10.3. The first-order valence-corrected chi connectivity index (χ1v) is 6.73. The van der Waals surface area contributed by atoms with Crippen LogP contribution in [0, 0.1) is 0 Å². The van der Waals surface area contributed by atoms with E-state index in [4.69, 9.17) is 27.8 Å². The van der Waals surface area contributed by atoms with E-state index in [1.807, 2.05) is 0 Å². The highest BCUT2D eigenvalue weighted by molar-refractivity contribution is 6.31.